The number of thiazole rings is 1. The van der Waals surface area contributed by atoms with Gasteiger partial charge in [0, 0.05) is 22.2 Å². The molecule has 0 spiro atoms. The highest BCUT2D eigenvalue weighted by Crippen LogP contribution is 2.24. The van der Waals surface area contributed by atoms with Crippen molar-refractivity contribution < 1.29 is 0 Å². The molecule has 0 atom stereocenters. The molecular weight excluding hydrogens is 330 g/mol. The molecule has 5 rings (SSSR count). The first-order chi connectivity index (χ1) is 12.1. The third-order valence-corrected chi connectivity index (χ3v) is 5.58. The van der Waals surface area contributed by atoms with Crippen LogP contribution in [0.2, 0.25) is 0 Å². The number of aromatic nitrogens is 3. The van der Waals surface area contributed by atoms with Crippen molar-refractivity contribution in [3.63, 3.8) is 0 Å². The Labute approximate surface area is 147 Å². The zero-order valence-electron chi connectivity index (χ0n) is 13.8. The number of rotatable bonds is 1. The summed E-state index contributed by atoms with van der Waals surface area (Å²) < 4.78 is 2.42. The van der Waals surface area contributed by atoms with Crippen molar-refractivity contribution in [1.82, 2.24) is 14.4 Å². The first kappa shape index (κ1) is 14.4. The Morgan fingerprint density at radius 2 is 2.00 bits per heavy atom. The second kappa shape index (κ2) is 5.04. The van der Waals surface area contributed by atoms with Crippen LogP contribution in [0.25, 0.3) is 33.0 Å². The van der Waals surface area contributed by atoms with Crippen LogP contribution in [-0.2, 0) is 0 Å². The summed E-state index contributed by atoms with van der Waals surface area (Å²) in [4.78, 5) is 21.7. The van der Waals surface area contributed by atoms with Gasteiger partial charge in [-0.1, -0.05) is 35.1 Å². The molecule has 3 aromatic heterocycles. The first-order valence-electron chi connectivity index (χ1n) is 8.12. The molecule has 2 aromatic carbocycles. The molecule has 0 amide bonds. The molecule has 5 aromatic rings. The highest BCUT2D eigenvalue weighted by atomic mass is 32.1. The molecule has 25 heavy (non-hydrogen) atoms. The van der Waals surface area contributed by atoms with Crippen molar-refractivity contribution in [2.75, 3.05) is 0 Å². The number of aromatic amines is 1. The van der Waals surface area contributed by atoms with E-state index in [1.165, 1.54) is 16.9 Å². The molecular formula is C20H15N3OS. The van der Waals surface area contributed by atoms with Crippen molar-refractivity contribution >= 4 is 44.3 Å². The lowest BCUT2D eigenvalue weighted by molar-refractivity contribution is 1.19. The van der Waals surface area contributed by atoms with E-state index < -0.39 is 0 Å². The Bertz CT molecular complexity index is 1390. The van der Waals surface area contributed by atoms with Gasteiger partial charge in [0.15, 0.2) is 4.96 Å². The second-order valence-electron chi connectivity index (χ2n) is 6.35. The standard InChI is InChI=1S/C20H15N3OS/c1-11-7-8-15-14(9-11)13(12(2)21-15)10-18-19(24)23-17-6-4-3-5-16(17)22-20(23)25-18/h3-10,21H,1-2H3. The van der Waals surface area contributed by atoms with E-state index in [9.17, 15) is 4.79 Å². The van der Waals surface area contributed by atoms with Crippen LogP contribution >= 0.6 is 11.3 Å². The molecule has 0 unspecified atom stereocenters. The Morgan fingerprint density at radius 3 is 2.88 bits per heavy atom. The van der Waals surface area contributed by atoms with E-state index in [1.54, 1.807) is 4.40 Å². The van der Waals surface area contributed by atoms with E-state index in [4.69, 9.17) is 0 Å². The number of nitrogens with zero attached hydrogens (tertiary/aromatic N) is 2. The van der Waals surface area contributed by atoms with Crippen LogP contribution in [0.4, 0.5) is 0 Å². The van der Waals surface area contributed by atoms with Crippen molar-refractivity contribution in [2.45, 2.75) is 13.8 Å². The van der Waals surface area contributed by atoms with Gasteiger partial charge in [0.25, 0.3) is 5.56 Å². The van der Waals surface area contributed by atoms with Crippen molar-refractivity contribution in [3.05, 3.63) is 74.2 Å². The van der Waals surface area contributed by atoms with Gasteiger partial charge in [0.05, 0.1) is 15.6 Å². The third kappa shape index (κ3) is 2.06. The molecule has 0 aliphatic carbocycles. The Morgan fingerprint density at radius 1 is 1.16 bits per heavy atom. The van der Waals surface area contributed by atoms with Crippen LogP contribution in [0.3, 0.4) is 0 Å². The van der Waals surface area contributed by atoms with Gasteiger partial charge >= 0.3 is 0 Å². The van der Waals surface area contributed by atoms with E-state index in [1.807, 2.05) is 37.3 Å². The van der Waals surface area contributed by atoms with Crippen LogP contribution in [0.15, 0.2) is 47.3 Å². The Hall–Kier alpha value is -2.92. The first-order valence-corrected chi connectivity index (χ1v) is 8.94. The number of aryl methyl sites for hydroxylation is 2. The van der Waals surface area contributed by atoms with Crippen molar-refractivity contribution in [1.29, 1.82) is 0 Å². The summed E-state index contributed by atoms with van der Waals surface area (Å²) in [5, 5.41) is 1.15. The fourth-order valence-electron chi connectivity index (χ4n) is 3.39. The molecule has 0 bridgehead atoms. The summed E-state index contributed by atoms with van der Waals surface area (Å²) >= 11 is 1.44. The maximum atomic E-state index is 12.9. The van der Waals surface area contributed by atoms with Gasteiger partial charge in [0.1, 0.15) is 0 Å². The number of hydrogen-bond donors (Lipinski definition) is 1. The van der Waals surface area contributed by atoms with Gasteiger partial charge in [-0.15, -0.1) is 0 Å². The lowest BCUT2D eigenvalue weighted by atomic mass is 10.1. The summed E-state index contributed by atoms with van der Waals surface area (Å²) in [6, 6.07) is 14.1. The lowest BCUT2D eigenvalue weighted by Gasteiger charge is -1.95. The maximum absolute atomic E-state index is 12.9. The van der Waals surface area contributed by atoms with Gasteiger partial charge in [-0.3, -0.25) is 4.79 Å². The highest BCUT2D eigenvalue weighted by molar-refractivity contribution is 7.15. The molecule has 0 saturated carbocycles. The van der Waals surface area contributed by atoms with E-state index >= 15 is 0 Å². The van der Waals surface area contributed by atoms with Crippen LogP contribution in [-0.4, -0.2) is 14.4 Å². The quantitative estimate of drug-likeness (QED) is 0.505. The van der Waals surface area contributed by atoms with E-state index in [-0.39, 0.29) is 5.56 Å². The minimum atomic E-state index is -0.00453. The molecule has 0 aliphatic rings. The zero-order valence-corrected chi connectivity index (χ0v) is 14.6. The van der Waals surface area contributed by atoms with Crippen LogP contribution in [0, 0.1) is 13.8 Å². The number of nitrogens with one attached hydrogen (secondary N) is 1. The number of para-hydroxylation sites is 2. The topological polar surface area (TPSA) is 50.2 Å². The predicted octanol–water partition coefficient (Wildman–Crippen LogP) is 3.56. The van der Waals surface area contributed by atoms with Crippen LogP contribution in [0.1, 0.15) is 16.8 Å². The third-order valence-electron chi connectivity index (χ3n) is 4.61. The van der Waals surface area contributed by atoms with Gasteiger partial charge < -0.3 is 4.98 Å². The molecule has 5 heteroatoms. The SMILES string of the molecule is Cc1ccc2[nH]c(C)c(C=c3sc4nc5ccccc5n4c3=O)c2c1. The minimum absolute atomic E-state index is 0.00453. The lowest BCUT2D eigenvalue weighted by Crippen LogP contribution is -2.22. The fraction of sp³-hybridized carbons (Fsp3) is 0.100. The average molecular weight is 345 g/mol. The number of benzene rings is 2. The number of fused-ring (bicyclic) bond motifs is 4. The number of H-pyrrole nitrogens is 1. The molecule has 0 radical (unpaired) electrons. The molecule has 0 saturated heterocycles. The number of hydrogen-bond acceptors (Lipinski definition) is 3. The normalized spacial score (nSPS) is 12.8. The monoisotopic (exact) mass is 345 g/mol. The van der Waals surface area contributed by atoms with Crippen molar-refractivity contribution in [3.8, 4) is 0 Å². The van der Waals surface area contributed by atoms with Gasteiger partial charge in [-0.25, -0.2) is 9.38 Å². The van der Waals surface area contributed by atoms with E-state index in [0.29, 0.717) is 4.53 Å². The summed E-state index contributed by atoms with van der Waals surface area (Å²) in [6.45, 7) is 4.12. The Balaban J connectivity index is 1.84. The van der Waals surface area contributed by atoms with Crippen LogP contribution in [0.5, 0.6) is 0 Å². The van der Waals surface area contributed by atoms with E-state index in [2.05, 4.69) is 35.1 Å². The van der Waals surface area contributed by atoms with E-state index in [0.717, 1.165) is 38.2 Å². The summed E-state index contributed by atoms with van der Waals surface area (Å²) in [6.07, 6.45) is 1.99. The van der Waals surface area contributed by atoms with Crippen LogP contribution < -0.4 is 10.1 Å². The zero-order chi connectivity index (χ0) is 17.1. The van der Waals surface area contributed by atoms with Crippen molar-refractivity contribution in [2.24, 2.45) is 0 Å². The molecule has 122 valence electrons. The molecule has 0 aliphatic heterocycles. The molecule has 0 fully saturated rings. The van der Waals surface area contributed by atoms with Gasteiger partial charge in [-0.05, 0) is 44.2 Å². The van der Waals surface area contributed by atoms with Gasteiger partial charge in [0.2, 0.25) is 0 Å². The highest BCUT2D eigenvalue weighted by Gasteiger charge is 2.12. The summed E-state index contributed by atoms with van der Waals surface area (Å²) in [5.74, 6) is 0. The molecule has 3 heterocycles. The fourth-order valence-corrected chi connectivity index (χ4v) is 4.36. The smallest absolute Gasteiger partial charge is 0.274 e. The summed E-state index contributed by atoms with van der Waals surface area (Å²) in [5.41, 5.74) is 6.15. The number of imidazole rings is 1. The second-order valence-corrected chi connectivity index (χ2v) is 7.36. The average Bonchev–Trinajstić information content (AvgIpc) is 3.20. The molecule has 1 N–H and O–H groups in total. The Kier molecular flexibility index (Phi) is 2.91. The minimum Gasteiger partial charge on any atom is -0.358 e. The summed E-state index contributed by atoms with van der Waals surface area (Å²) in [7, 11) is 0. The van der Waals surface area contributed by atoms with Gasteiger partial charge in [-0.2, -0.15) is 0 Å². The maximum Gasteiger partial charge on any atom is 0.274 e. The largest absolute Gasteiger partial charge is 0.358 e. The molecule has 4 nitrogen and oxygen atoms in total. The predicted molar refractivity (Wildman–Crippen MR) is 103 cm³/mol.